The van der Waals surface area contributed by atoms with Gasteiger partial charge in [-0.1, -0.05) is 89.7 Å². The Balaban J connectivity index is 1.96. The van der Waals surface area contributed by atoms with Crippen LogP contribution in [0.15, 0.2) is 29.2 Å². The Hall–Kier alpha value is -1.40. The van der Waals surface area contributed by atoms with Gasteiger partial charge in [0.15, 0.2) is 0 Å². The molecular formula is C24H41NO4S. The molecule has 30 heavy (non-hydrogen) atoms. The largest absolute Gasteiger partial charge is 0.481 e. The quantitative estimate of drug-likeness (QED) is 0.272. The van der Waals surface area contributed by atoms with Crippen LogP contribution in [0, 0.1) is 5.92 Å². The van der Waals surface area contributed by atoms with Crippen LogP contribution in [0.25, 0.3) is 0 Å². The minimum absolute atomic E-state index is 0.142. The summed E-state index contributed by atoms with van der Waals surface area (Å²) in [7, 11) is -3.60. The number of carbonyl (C=O) groups is 1. The van der Waals surface area contributed by atoms with Gasteiger partial charge >= 0.3 is 5.97 Å². The zero-order valence-corrected chi connectivity index (χ0v) is 19.5. The van der Waals surface area contributed by atoms with E-state index in [4.69, 9.17) is 5.14 Å². The lowest BCUT2D eigenvalue weighted by Crippen LogP contribution is -2.13. The van der Waals surface area contributed by atoms with Crippen molar-refractivity contribution in [2.75, 3.05) is 0 Å². The second-order valence-corrected chi connectivity index (χ2v) is 10.0. The molecule has 0 saturated heterocycles. The molecule has 3 N–H and O–H groups in total. The molecule has 0 heterocycles. The van der Waals surface area contributed by atoms with E-state index in [9.17, 15) is 18.3 Å². The fourth-order valence-electron chi connectivity index (χ4n) is 3.82. The van der Waals surface area contributed by atoms with Crippen molar-refractivity contribution in [3.05, 3.63) is 29.8 Å². The third kappa shape index (κ3) is 12.3. The van der Waals surface area contributed by atoms with Gasteiger partial charge in [-0.05, 0) is 43.4 Å². The number of aryl methyl sites for hydroxylation is 1. The van der Waals surface area contributed by atoms with Gasteiger partial charge in [0.05, 0.1) is 10.8 Å². The Morgan fingerprint density at radius 1 is 0.833 bits per heavy atom. The lowest BCUT2D eigenvalue weighted by Gasteiger charge is -2.11. The first-order chi connectivity index (χ1) is 14.3. The van der Waals surface area contributed by atoms with Crippen molar-refractivity contribution < 1.29 is 18.3 Å². The summed E-state index contributed by atoms with van der Waals surface area (Å²) in [5.41, 5.74) is 1.15. The van der Waals surface area contributed by atoms with Crippen LogP contribution in [0.5, 0.6) is 0 Å². The zero-order valence-electron chi connectivity index (χ0n) is 18.7. The number of rotatable bonds is 18. The summed E-state index contributed by atoms with van der Waals surface area (Å²) in [4.78, 5) is 11.4. The van der Waals surface area contributed by atoms with E-state index in [1.807, 2.05) is 12.1 Å². The van der Waals surface area contributed by atoms with Gasteiger partial charge in [-0.2, -0.15) is 0 Å². The number of sulfonamides is 1. The first-order valence-corrected chi connectivity index (χ1v) is 13.2. The van der Waals surface area contributed by atoms with Crippen LogP contribution >= 0.6 is 0 Å². The lowest BCUT2D eigenvalue weighted by atomic mass is 9.95. The van der Waals surface area contributed by atoms with E-state index in [1.165, 1.54) is 44.9 Å². The van der Waals surface area contributed by atoms with Crippen molar-refractivity contribution in [3.8, 4) is 0 Å². The molecule has 5 nitrogen and oxygen atoms in total. The molecule has 0 spiro atoms. The van der Waals surface area contributed by atoms with Crippen molar-refractivity contribution >= 4 is 16.0 Å². The Bertz CT molecular complexity index is 686. The molecule has 1 atom stereocenters. The number of carboxylic acid groups (broad SMARTS) is 1. The molecule has 0 aromatic heterocycles. The topological polar surface area (TPSA) is 97.5 Å². The van der Waals surface area contributed by atoms with Gasteiger partial charge in [0, 0.05) is 0 Å². The van der Waals surface area contributed by atoms with Gasteiger partial charge in [0.2, 0.25) is 10.0 Å². The number of benzene rings is 1. The number of carboxylic acids is 1. The molecule has 0 radical (unpaired) electrons. The number of primary sulfonamides is 1. The standard InChI is InChI=1S/C24H41NO4S/c1-2-3-15-22(24(26)27)16-13-11-9-7-5-4-6-8-10-12-14-21-17-19-23(20-18-21)30(25,28)29/h17-20,22H,2-16H2,1H3,(H,26,27)(H2,25,28,29). The zero-order chi connectivity index (χ0) is 22.2. The van der Waals surface area contributed by atoms with Crippen molar-refractivity contribution in [3.63, 3.8) is 0 Å². The molecule has 6 heteroatoms. The first kappa shape index (κ1) is 26.6. The fraction of sp³-hybridized carbons (Fsp3) is 0.708. The molecule has 0 fully saturated rings. The maximum atomic E-state index is 11.2. The summed E-state index contributed by atoms with van der Waals surface area (Å²) in [6.45, 7) is 2.11. The fourth-order valence-corrected chi connectivity index (χ4v) is 4.34. The van der Waals surface area contributed by atoms with Gasteiger partial charge in [-0.3, -0.25) is 4.79 Å². The highest BCUT2D eigenvalue weighted by Crippen LogP contribution is 2.19. The van der Waals surface area contributed by atoms with Crippen LogP contribution in [-0.4, -0.2) is 19.5 Å². The average Bonchev–Trinajstić information content (AvgIpc) is 2.70. The molecular weight excluding hydrogens is 398 g/mol. The molecule has 172 valence electrons. The number of hydrogen-bond donors (Lipinski definition) is 2. The third-order valence-electron chi connectivity index (χ3n) is 5.78. The van der Waals surface area contributed by atoms with Gasteiger partial charge in [0.1, 0.15) is 0 Å². The summed E-state index contributed by atoms with van der Waals surface area (Å²) in [5, 5.41) is 14.3. The van der Waals surface area contributed by atoms with Crippen LogP contribution in [0.3, 0.4) is 0 Å². The Morgan fingerprint density at radius 2 is 1.30 bits per heavy atom. The van der Waals surface area contributed by atoms with Gasteiger partial charge in [-0.25, -0.2) is 13.6 Å². The van der Waals surface area contributed by atoms with Crippen molar-refractivity contribution in [1.82, 2.24) is 0 Å². The molecule has 0 aliphatic heterocycles. The van der Waals surface area contributed by atoms with Gasteiger partial charge < -0.3 is 5.11 Å². The van der Waals surface area contributed by atoms with Crippen LogP contribution in [0.4, 0.5) is 0 Å². The second kappa shape index (κ2) is 15.4. The van der Waals surface area contributed by atoms with Crippen LogP contribution < -0.4 is 5.14 Å². The van der Waals surface area contributed by atoms with E-state index in [-0.39, 0.29) is 10.8 Å². The molecule has 0 saturated carbocycles. The SMILES string of the molecule is CCCCC(CCCCCCCCCCCCc1ccc(S(N)(=O)=O)cc1)C(=O)O. The third-order valence-corrected chi connectivity index (χ3v) is 6.70. The number of aliphatic carboxylic acids is 1. The number of unbranched alkanes of at least 4 members (excludes halogenated alkanes) is 10. The molecule has 0 bridgehead atoms. The molecule has 0 aliphatic rings. The normalized spacial score (nSPS) is 12.7. The average molecular weight is 440 g/mol. The summed E-state index contributed by atoms with van der Waals surface area (Å²) < 4.78 is 22.5. The molecule has 1 rings (SSSR count). The van der Waals surface area contributed by atoms with E-state index in [1.54, 1.807) is 12.1 Å². The highest BCUT2D eigenvalue weighted by atomic mass is 32.2. The summed E-state index contributed by atoms with van der Waals surface area (Å²) >= 11 is 0. The van der Waals surface area contributed by atoms with Gasteiger partial charge in [0.25, 0.3) is 0 Å². The summed E-state index contributed by atoms with van der Waals surface area (Å²) in [6.07, 6.45) is 16.8. The highest BCUT2D eigenvalue weighted by molar-refractivity contribution is 7.89. The summed E-state index contributed by atoms with van der Waals surface area (Å²) in [5.74, 6) is -0.763. The smallest absolute Gasteiger partial charge is 0.306 e. The van der Waals surface area contributed by atoms with Crippen LogP contribution in [0.1, 0.15) is 102 Å². The first-order valence-electron chi connectivity index (χ1n) is 11.7. The van der Waals surface area contributed by atoms with Gasteiger partial charge in [-0.15, -0.1) is 0 Å². The highest BCUT2D eigenvalue weighted by Gasteiger charge is 2.15. The lowest BCUT2D eigenvalue weighted by molar-refractivity contribution is -0.142. The van der Waals surface area contributed by atoms with Crippen molar-refractivity contribution in [1.29, 1.82) is 0 Å². The van der Waals surface area contributed by atoms with Crippen LogP contribution in [0.2, 0.25) is 0 Å². The van der Waals surface area contributed by atoms with E-state index >= 15 is 0 Å². The van der Waals surface area contributed by atoms with Crippen molar-refractivity contribution in [2.45, 2.75) is 108 Å². The van der Waals surface area contributed by atoms with Crippen LogP contribution in [-0.2, 0) is 21.2 Å². The van der Waals surface area contributed by atoms with E-state index in [0.29, 0.717) is 0 Å². The van der Waals surface area contributed by atoms with E-state index in [2.05, 4.69) is 6.92 Å². The minimum Gasteiger partial charge on any atom is -0.481 e. The Kier molecular flexibility index (Phi) is 13.7. The minimum atomic E-state index is -3.60. The predicted molar refractivity (Wildman–Crippen MR) is 123 cm³/mol. The molecule has 1 unspecified atom stereocenters. The monoisotopic (exact) mass is 439 g/mol. The molecule has 0 amide bonds. The number of hydrogen-bond acceptors (Lipinski definition) is 3. The molecule has 1 aromatic rings. The maximum Gasteiger partial charge on any atom is 0.306 e. The van der Waals surface area contributed by atoms with Crippen molar-refractivity contribution in [2.24, 2.45) is 11.1 Å². The number of nitrogens with two attached hydrogens (primary N) is 1. The molecule has 1 aromatic carbocycles. The maximum absolute atomic E-state index is 11.2. The van der Waals surface area contributed by atoms with E-state index < -0.39 is 16.0 Å². The Labute approximate surface area is 183 Å². The van der Waals surface area contributed by atoms with E-state index in [0.717, 1.165) is 56.9 Å². The predicted octanol–water partition coefficient (Wildman–Crippen LogP) is 6.06. The molecule has 0 aliphatic carbocycles. The Morgan fingerprint density at radius 3 is 1.77 bits per heavy atom. The second-order valence-electron chi connectivity index (χ2n) is 8.44. The summed E-state index contributed by atoms with van der Waals surface area (Å²) in [6, 6.07) is 6.86.